The maximum Gasteiger partial charge on any atom is 0.335 e. The molecule has 1 radical (unpaired) electrons. The summed E-state index contributed by atoms with van der Waals surface area (Å²) in [7, 11) is 0. The summed E-state index contributed by atoms with van der Waals surface area (Å²) >= 11 is 0. The molecule has 0 bridgehead atoms. The number of hydrogen-bond donors (Lipinski definition) is 4. The van der Waals surface area contributed by atoms with Crippen molar-refractivity contribution >= 4 is 5.97 Å². The van der Waals surface area contributed by atoms with Gasteiger partial charge in [-0.1, -0.05) is 0 Å². The summed E-state index contributed by atoms with van der Waals surface area (Å²) in [5.74, 6) is -3.33. The summed E-state index contributed by atoms with van der Waals surface area (Å²) in [6, 6.07) is 1.69. The predicted molar refractivity (Wildman–Crippen MR) is 38.4 cm³/mol. The molecule has 13 heavy (non-hydrogen) atoms. The molecule has 0 saturated heterocycles. The molecule has 0 saturated carbocycles. The number of rotatable bonds is 1. The van der Waals surface area contributed by atoms with Crippen molar-refractivity contribution in [2.75, 3.05) is 0 Å². The molecule has 0 aliphatic carbocycles. The van der Waals surface area contributed by atoms with Gasteiger partial charge in [0, 0.05) is 37.7 Å². The van der Waals surface area contributed by atoms with E-state index in [1.54, 1.807) is 0 Å². The van der Waals surface area contributed by atoms with Crippen LogP contribution < -0.4 is 0 Å². The minimum atomic E-state index is -1.29. The molecule has 0 heterocycles. The topological polar surface area (TPSA) is 98.0 Å². The Balaban J connectivity index is 0.00000144. The number of aromatic hydroxyl groups is 3. The van der Waals surface area contributed by atoms with Crippen LogP contribution in [0.15, 0.2) is 12.1 Å². The number of benzene rings is 1. The van der Waals surface area contributed by atoms with Crippen LogP contribution in [0.2, 0.25) is 0 Å². The summed E-state index contributed by atoms with van der Waals surface area (Å²) in [6.07, 6.45) is 0. The standard InChI is InChI=1S/C7H6O5.Ho/c8-4-1-3(7(11)12)2-5(9)6(4)10;/h1-2,8-10H,(H,11,12);. The van der Waals surface area contributed by atoms with Gasteiger partial charge in [-0.15, -0.1) is 0 Å². The van der Waals surface area contributed by atoms with E-state index < -0.39 is 23.2 Å². The largest absolute Gasteiger partial charge is 0.504 e. The van der Waals surface area contributed by atoms with Crippen molar-refractivity contribution in [3.8, 4) is 17.2 Å². The molecule has 0 atom stereocenters. The summed E-state index contributed by atoms with van der Waals surface area (Å²) in [5, 5.41) is 35.0. The van der Waals surface area contributed by atoms with Crippen molar-refractivity contribution < 1.29 is 63.0 Å². The zero-order valence-corrected chi connectivity index (χ0v) is 8.09. The first-order chi connectivity index (χ1) is 5.52. The zero-order chi connectivity index (χ0) is 9.30. The Bertz CT molecular complexity index is 313. The molecule has 75 valence electrons. The van der Waals surface area contributed by atoms with Crippen LogP contribution >= 0.6 is 0 Å². The Morgan fingerprint density at radius 2 is 1.46 bits per heavy atom. The summed E-state index contributed by atoms with van der Waals surface area (Å²) < 4.78 is 0. The van der Waals surface area contributed by atoms with Crippen molar-refractivity contribution in [1.82, 2.24) is 0 Å². The third-order valence-electron chi connectivity index (χ3n) is 1.32. The molecule has 0 spiro atoms. The third kappa shape index (κ3) is 2.65. The molecule has 5 nitrogen and oxygen atoms in total. The van der Waals surface area contributed by atoms with E-state index in [1.165, 1.54) is 0 Å². The summed E-state index contributed by atoms with van der Waals surface area (Å²) in [5.41, 5.74) is -0.289. The Morgan fingerprint density at radius 3 is 1.77 bits per heavy atom. The molecular formula is C7H6HoO5. The summed E-state index contributed by atoms with van der Waals surface area (Å²) in [6.45, 7) is 0. The van der Waals surface area contributed by atoms with Gasteiger partial charge < -0.3 is 20.4 Å². The molecule has 0 amide bonds. The second-order valence-electron chi connectivity index (χ2n) is 2.17. The normalized spacial score (nSPS) is 8.92. The first-order valence-electron chi connectivity index (χ1n) is 3.00. The SMILES string of the molecule is O=C(O)c1cc(O)c(O)c(O)c1.[Ho]. The molecule has 6 heteroatoms. The first kappa shape index (κ1) is 12.3. The average Bonchev–Trinajstić information content (AvgIpc) is 1.99. The monoisotopic (exact) mass is 335 g/mol. The van der Waals surface area contributed by atoms with Crippen LogP contribution in [0.4, 0.5) is 0 Å². The Labute approximate surface area is 103 Å². The molecule has 1 aromatic rings. The van der Waals surface area contributed by atoms with Gasteiger partial charge in [0.1, 0.15) is 0 Å². The zero-order valence-electron chi connectivity index (χ0n) is 6.15. The van der Waals surface area contributed by atoms with Crippen LogP contribution in [-0.2, 0) is 0 Å². The van der Waals surface area contributed by atoms with Crippen LogP contribution in [0, 0.1) is 37.7 Å². The van der Waals surface area contributed by atoms with Crippen LogP contribution in [0.25, 0.3) is 0 Å². The van der Waals surface area contributed by atoms with Gasteiger partial charge in [0.25, 0.3) is 0 Å². The number of phenolic OH excluding ortho intramolecular Hbond substituents is 3. The minimum Gasteiger partial charge on any atom is -0.504 e. The van der Waals surface area contributed by atoms with Gasteiger partial charge in [-0.25, -0.2) is 4.79 Å². The van der Waals surface area contributed by atoms with Gasteiger partial charge in [0.15, 0.2) is 17.2 Å². The fourth-order valence-corrected chi connectivity index (χ4v) is 0.728. The first-order valence-corrected chi connectivity index (χ1v) is 3.00. The summed E-state index contributed by atoms with van der Waals surface area (Å²) in [4.78, 5) is 10.3. The number of carbonyl (C=O) groups is 1. The number of carboxylic acids is 1. The smallest absolute Gasteiger partial charge is 0.335 e. The van der Waals surface area contributed by atoms with E-state index in [4.69, 9.17) is 20.4 Å². The van der Waals surface area contributed by atoms with Crippen LogP contribution in [0.5, 0.6) is 17.2 Å². The van der Waals surface area contributed by atoms with Crippen molar-refractivity contribution in [1.29, 1.82) is 0 Å². The van der Waals surface area contributed by atoms with E-state index in [-0.39, 0.29) is 43.3 Å². The van der Waals surface area contributed by atoms with E-state index in [9.17, 15) is 4.79 Å². The maximum atomic E-state index is 10.3. The molecule has 1 aromatic carbocycles. The molecule has 0 aliphatic rings. The fraction of sp³-hybridized carbons (Fsp3) is 0. The van der Waals surface area contributed by atoms with Gasteiger partial charge in [0.2, 0.25) is 0 Å². The Hall–Kier alpha value is -0.650. The third-order valence-corrected chi connectivity index (χ3v) is 1.32. The molecule has 0 unspecified atom stereocenters. The second-order valence-corrected chi connectivity index (χ2v) is 2.17. The van der Waals surface area contributed by atoms with Gasteiger partial charge in [-0.05, 0) is 12.1 Å². The van der Waals surface area contributed by atoms with Crippen LogP contribution in [0.1, 0.15) is 10.4 Å². The maximum absolute atomic E-state index is 10.3. The van der Waals surface area contributed by atoms with Crippen molar-refractivity contribution in [2.24, 2.45) is 0 Å². The molecule has 0 aliphatic heterocycles. The van der Waals surface area contributed by atoms with E-state index in [0.29, 0.717) is 0 Å². The number of hydrogen-bond acceptors (Lipinski definition) is 4. The minimum absolute atomic E-state index is 0. The molecule has 1 rings (SSSR count). The predicted octanol–water partition coefficient (Wildman–Crippen LogP) is 0.502. The fourth-order valence-electron chi connectivity index (χ4n) is 0.728. The molecule has 0 fully saturated rings. The Kier molecular flexibility index (Phi) is 4.32. The average molecular weight is 335 g/mol. The van der Waals surface area contributed by atoms with Crippen LogP contribution in [-0.4, -0.2) is 26.4 Å². The molecule has 0 aromatic heterocycles. The van der Waals surface area contributed by atoms with Gasteiger partial charge >= 0.3 is 5.97 Å². The van der Waals surface area contributed by atoms with E-state index in [0.717, 1.165) is 12.1 Å². The van der Waals surface area contributed by atoms with Crippen molar-refractivity contribution in [3.05, 3.63) is 17.7 Å². The van der Waals surface area contributed by atoms with E-state index in [2.05, 4.69) is 0 Å². The van der Waals surface area contributed by atoms with Crippen molar-refractivity contribution in [3.63, 3.8) is 0 Å². The number of aromatic carboxylic acids is 1. The van der Waals surface area contributed by atoms with Gasteiger partial charge in [-0.2, -0.15) is 0 Å². The Morgan fingerprint density at radius 1 is 1.08 bits per heavy atom. The number of carboxylic acid groups (broad SMARTS) is 1. The van der Waals surface area contributed by atoms with Gasteiger partial charge in [0.05, 0.1) is 5.56 Å². The second kappa shape index (κ2) is 4.55. The van der Waals surface area contributed by atoms with Crippen LogP contribution in [0.3, 0.4) is 0 Å². The molecular weight excluding hydrogens is 329 g/mol. The number of phenols is 3. The quantitative estimate of drug-likeness (QED) is 0.443. The molecule has 4 N–H and O–H groups in total. The van der Waals surface area contributed by atoms with Crippen molar-refractivity contribution in [2.45, 2.75) is 0 Å². The van der Waals surface area contributed by atoms with E-state index >= 15 is 0 Å². The van der Waals surface area contributed by atoms with Gasteiger partial charge in [-0.3, -0.25) is 0 Å². The van der Waals surface area contributed by atoms with E-state index in [1.807, 2.05) is 0 Å².